The first-order valence-electron chi connectivity index (χ1n) is 5.39. The molecule has 0 atom stereocenters. The molecule has 0 amide bonds. The number of carboxylic acids is 1. The van der Waals surface area contributed by atoms with Crippen molar-refractivity contribution in [1.82, 2.24) is 0 Å². The lowest BCUT2D eigenvalue weighted by molar-refractivity contribution is -0.136. The van der Waals surface area contributed by atoms with Gasteiger partial charge in [0.15, 0.2) is 0 Å². The first-order valence-corrected chi connectivity index (χ1v) is 7.09. The van der Waals surface area contributed by atoms with E-state index >= 15 is 0 Å². The molecule has 0 fully saturated rings. The molecule has 0 bridgehead atoms. The second-order valence-corrected chi connectivity index (χ2v) is 5.76. The molecule has 0 radical (unpaired) electrons. The molecule has 1 N–H and O–H groups in total. The van der Waals surface area contributed by atoms with Crippen molar-refractivity contribution in [2.24, 2.45) is 0 Å². The molecule has 4 heteroatoms. The largest absolute Gasteiger partial charge is 0.481 e. The van der Waals surface area contributed by atoms with Gasteiger partial charge in [-0.3, -0.25) is 4.79 Å². The molecule has 0 saturated carbocycles. The second kappa shape index (κ2) is 4.55. The topological polar surface area (TPSA) is 37.3 Å². The molecular weight excluding hydrogens is 240 g/mol. The fourth-order valence-electron chi connectivity index (χ4n) is 1.93. The summed E-state index contributed by atoms with van der Waals surface area (Å²) in [6, 6.07) is 0. The molecule has 2 rings (SSSR count). The molecule has 2 heterocycles. The predicted octanol–water partition coefficient (Wildman–Crippen LogP) is 3.71. The third-order valence-corrected chi connectivity index (χ3v) is 5.33. The molecule has 0 aliphatic carbocycles. The van der Waals surface area contributed by atoms with Gasteiger partial charge in [0.1, 0.15) is 0 Å². The highest BCUT2D eigenvalue weighted by atomic mass is 32.1. The van der Waals surface area contributed by atoms with E-state index in [1.165, 1.54) is 19.8 Å². The first kappa shape index (κ1) is 11.6. The predicted molar refractivity (Wildman–Crippen MR) is 69.8 cm³/mol. The Balaban J connectivity index is 2.59. The van der Waals surface area contributed by atoms with Crippen LogP contribution in [0.1, 0.15) is 29.2 Å². The van der Waals surface area contributed by atoms with Gasteiger partial charge in [-0.2, -0.15) is 0 Å². The average Bonchev–Trinajstić information content (AvgIpc) is 2.78. The number of thiophene rings is 2. The van der Waals surface area contributed by atoms with Crippen LogP contribution in [-0.4, -0.2) is 11.1 Å². The summed E-state index contributed by atoms with van der Waals surface area (Å²) in [5, 5.41) is 12.1. The lowest BCUT2D eigenvalue weighted by Crippen LogP contribution is -1.98. The van der Waals surface area contributed by atoms with E-state index in [2.05, 4.69) is 13.8 Å². The summed E-state index contributed by atoms with van der Waals surface area (Å²) >= 11 is 3.53. The Bertz CT molecular complexity index is 522. The van der Waals surface area contributed by atoms with Crippen LogP contribution < -0.4 is 0 Å². The summed E-state index contributed by atoms with van der Waals surface area (Å²) in [7, 11) is 0. The van der Waals surface area contributed by atoms with Crippen molar-refractivity contribution in [3.05, 3.63) is 20.7 Å². The van der Waals surface area contributed by atoms with Crippen molar-refractivity contribution in [3.8, 4) is 0 Å². The van der Waals surface area contributed by atoms with Gasteiger partial charge < -0.3 is 5.11 Å². The number of hydrogen-bond acceptors (Lipinski definition) is 3. The molecule has 0 spiro atoms. The minimum Gasteiger partial charge on any atom is -0.481 e. The summed E-state index contributed by atoms with van der Waals surface area (Å²) in [6.07, 6.45) is 2.17. The Morgan fingerprint density at radius 1 is 1.31 bits per heavy atom. The lowest BCUT2D eigenvalue weighted by Gasteiger charge is -1.95. The van der Waals surface area contributed by atoms with Crippen LogP contribution in [0.4, 0.5) is 0 Å². The average molecular weight is 254 g/mol. The van der Waals surface area contributed by atoms with E-state index in [-0.39, 0.29) is 6.42 Å². The standard InChI is InChI=1S/C12H14O2S2/c1-3-8-11-7(5-10(13)14)6-15-12(11)9(4-2)16-8/h6H,3-5H2,1-2H3,(H,13,14). The van der Waals surface area contributed by atoms with Crippen LogP contribution in [0.25, 0.3) is 10.1 Å². The highest BCUT2D eigenvalue weighted by Crippen LogP contribution is 2.39. The van der Waals surface area contributed by atoms with E-state index in [9.17, 15) is 4.79 Å². The van der Waals surface area contributed by atoms with Crippen LogP contribution in [0.15, 0.2) is 5.38 Å². The van der Waals surface area contributed by atoms with Crippen molar-refractivity contribution < 1.29 is 9.90 Å². The normalized spacial score (nSPS) is 11.1. The summed E-state index contributed by atoms with van der Waals surface area (Å²) in [6.45, 7) is 4.29. The highest BCUT2D eigenvalue weighted by Gasteiger charge is 2.16. The van der Waals surface area contributed by atoms with E-state index in [0.717, 1.165) is 18.4 Å². The summed E-state index contributed by atoms with van der Waals surface area (Å²) in [5.74, 6) is -0.744. The van der Waals surface area contributed by atoms with Gasteiger partial charge >= 0.3 is 5.97 Å². The van der Waals surface area contributed by atoms with E-state index in [1.54, 1.807) is 11.3 Å². The lowest BCUT2D eigenvalue weighted by atomic mass is 10.1. The van der Waals surface area contributed by atoms with Crippen LogP contribution in [0.5, 0.6) is 0 Å². The van der Waals surface area contributed by atoms with Crippen molar-refractivity contribution in [2.75, 3.05) is 0 Å². The molecule has 0 unspecified atom stereocenters. The molecule has 2 aromatic rings. The maximum absolute atomic E-state index is 10.8. The number of aryl methyl sites for hydroxylation is 2. The van der Waals surface area contributed by atoms with Crippen LogP contribution in [0, 0.1) is 0 Å². The second-order valence-electron chi connectivity index (χ2n) is 3.69. The van der Waals surface area contributed by atoms with Crippen LogP contribution >= 0.6 is 22.7 Å². The molecule has 16 heavy (non-hydrogen) atoms. The number of fused-ring (bicyclic) bond motifs is 1. The zero-order valence-electron chi connectivity index (χ0n) is 9.37. The monoisotopic (exact) mass is 254 g/mol. The number of carboxylic acid groups (broad SMARTS) is 1. The molecule has 0 aliphatic rings. The zero-order valence-corrected chi connectivity index (χ0v) is 11.0. The van der Waals surface area contributed by atoms with Gasteiger partial charge in [-0.1, -0.05) is 13.8 Å². The van der Waals surface area contributed by atoms with Gasteiger partial charge in [0.05, 0.1) is 6.42 Å². The van der Waals surface area contributed by atoms with Gasteiger partial charge in [0, 0.05) is 19.8 Å². The fourth-order valence-corrected chi connectivity index (χ4v) is 4.48. The smallest absolute Gasteiger partial charge is 0.307 e. The molecule has 0 aromatic carbocycles. The zero-order chi connectivity index (χ0) is 11.7. The van der Waals surface area contributed by atoms with Crippen molar-refractivity contribution in [1.29, 1.82) is 0 Å². The molecule has 2 aromatic heterocycles. The summed E-state index contributed by atoms with van der Waals surface area (Å²) < 4.78 is 1.31. The Labute approximate surface area is 103 Å². The van der Waals surface area contributed by atoms with E-state index in [0.29, 0.717) is 0 Å². The summed E-state index contributed by atoms with van der Waals surface area (Å²) in [4.78, 5) is 13.5. The number of carbonyl (C=O) groups is 1. The summed E-state index contributed by atoms with van der Waals surface area (Å²) in [5.41, 5.74) is 0.986. The Morgan fingerprint density at radius 2 is 2.00 bits per heavy atom. The SMILES string of the molecule is CCc1sc(CC)c2c(CC(=O)O)csc12. The van der Waals surface area contributed by atoms with Crippen LogP contribution in [0.3, 0.4) is 0 Å². The number of aliphatic carboxylic acids is 1. The van der Waals surface area contributed by atoms with E-state index < -0.39 is 5.97 Å². The minimum atomic E-state index is -0.744. The maximum Gasteiger partial charge on any atom is 0.307 e. The molecular formula is C12H14O2S2. The van der Waals surface area contributed by atoms with Gasteiger partial charge in [0.2, 0.25) is 0 Å². The van der Waals surface area contributed by atoms with Crippen molar-refractivity contribution >= 4 is 38.7 Å². The first-order chi connectivity index (χ1) is 7.67. The van der Waals surface area contributed by atoms with Crippen LogP contribution in [-0.2, 0) is 24.1 Å². The van der Waals surface area contributed by atoms with Crippen molar-refractivity contribution in [3.63, 3.8) is 0 Å². The highest BCUT2D eigenvalue weighted by molar-refractivity contribution is 7.23. The van der Waals surface area contributed by atoms with Crippen molar-refractivity contribution in [2.45, 2.75) is 33.1 Å². The third kappa shape index (κ3) is 1.87. The number of hydrogen-bond donors (Lipinski definition) is 1. The Morgan fingerprint density at radius 3 is 2.56 bits per heavy atom. The van der Waals surface area contributed by atoms with Gasteiger partial charge in [-0.25, -0.2) is 0 Å². The third-order valence-electron chi connectivity index (χ3n) is 2.63. The molecule has 86 valence electrons. The van der Waals surface area contributed by atoms with Gasteiger partial charge in [-0.05, 0) is 23.8 Å². The van der Waals surface area contributed by atoms with Gasteiger partial charge in [0.25, 0.3) is 0 Å². The molecule has 0 aliphatic heterocycles. The van der Waals surface area contributed by atoms with Crippen LogP contribution in [0.2, 0.25) is 0 Å². The van der Waals surface area contributed by atoms with Gasteiger partial charge in [-0.15, -0.1) is 22.7 Å². The number of rotatable bonds is 4. The minimum absolute atomic E-state index is 0.146. The van der Waals surface area contributed by atoms with E-state index in [1.807, 2.05) is 16.7 Å². The fraction of sp³-hybridized carbons (Fsp3) is 0.417. The quantitative estimate of drug-likeness (QED) is 0.903. The Kier molecular flexibility index (Phi) is 3.30. The van der Waals surface area contributed by atoms with E-state index in [4.69, 9.17) is 5.11 Å². The Hall–Kier alpha value is -0.870. The molecule has 0 saturated heterocycles. The maximum atomic E-state index is 10.8. The molecule has 2 nitrogen and oxygen atoms in total.